The highest BCUT2D eigenvalue weighted by molar-refractivity contribution is 5.96. The van der Waals surface area contributed by atoms with E-state index in [2.05, 4.69) is 15.5 Å². The van der Waals surface area contributed by atoms with Crippen LogP contribution in [-0.2, 0) is 4.74 Å². The van der Waals surface area contributed by atoms with Crippen molar-refractivity contribution >= 4 is 11.7 Å². The lowest BCUT2D eigenvalue weighted by Gasteiger charge is -2.13. The average Bonchev–Trinajstić information content (AvgIpc) is 3.28. The molecule has 0 radical (unpaired) electrons. The number of carbonyl (C=O) groups excluding carboxylic acids is 1. The monoisotopic (exact) mass is 339 g/mol. The number of benzene rings is 1. The fourth-order valence-electron chi connectivity index (χ4n) is 2.39. The van der Waals surface area contributed by atoms with Crippen LogP contribution < -0.4 is 10.5 Å². The van der Waals surface area contributed by atoms with Crippen LogP contribution in [0.3, 0.4) is 0 Å². The number of aromatic nitrogens is 5. The van der Waals surface area contributed by atoms with Gasteiger partial charge >= 0.3 is 5.97 Å². The summed E-state index contributed by atoms with van der Waals surface area (Å²) in [5, 5.41) is 20.2. The zero-order chi connectivity index (χ0) is 18.0. The maximum Gasteiger partial charge on any atom is 0.357 e. The van der Waals surface area contributed by atoms with Gasteiger partial charge in [-0.3, -0.25) is 0 Å². The second-order valence-electron chi connectivity index (χ2n) is 4.89. The number of nitriles is 1. The van der Waals surface area contributed by atoms with Crippen LogP contribution in [0.1, 0.15) is 16.1 Å². The van der Waals surface area contributed by atoms with Gasteiger partial charge < -0.3 is 19.8 Å². The topological polar surface area (TPSA) is 134 Å². The standard InChI is InChI=1S/C15H13N7O3/c1-24-12-5-10(22-8-18-19-20-22)3-4-11(12)21-7-9(6-16)13(17)14(21)15(23)25-2/h3-5,7-8H,17H2,1-2H3. The second kappa shape index (κ2) is 6.32. The first-order valence-electron chi connectivity index (χ1n) is 7.01. The summed E-state index contributed by atoms with van der Waals surface area (Å²) in [7, 11) is 2.72. The van der Waals surface area contributed by atoms with Crippen LogP contribution >= 0.6 is 0 Å². The maximum absolute atomic E-state index is 12.1. The van der Waals surface area contributed by atoms with Gasteiger partial charge in [-0.25, -0.2) is 9.48 Å². The number of methoxy groups -OCH3 is 2. The minimum atomic E-state index is -0.661. The summed E-state index contributed by atoms with van der Waals surface area (Å²) in [5.74, 6) is -0.233. The van der Waals surface area contributed by atoms with E-state index in [0.717, 1.165) is 0 Å². The Kier molecular flexibility index (Phi) is 4.05. The highest BCUT2D eigenvalue weighted by Crippen LogP contribution is 2.31. The number of hydrogen-bond donors (Lipinski definition) is 1. The number of nitrogen functional groups attached to an aromatic ring is 1. The Balaban J connectivity index is 2.20. The van der Waals surface area contributed by atoms with Crippen molar-refractivity contribution in [3.05, 3.63) is 42.0 Å². The molecule has 0 aliphatic carbocycles. The van der Waals surface area contributed by atoms with E-state index in [1.807, 2.05) is 6.07 Å². The minimum Gasteiger partial charge on any atom is -0.494 e. The number of hydrogen-bond acceptors (Lipinski definition) is 8. The second-order valence-corrected chi connectivity index (χ2v) is 4.89. The van der Waals surface area contributed by atoms with Crippen LogP contribution in [-0.4, -0.2) is 45.0 Å². The SMILES string of the molecule is COC(=O)c1c(N)c(C#N)cn1-c1ccc(-n2cnnn2)cc1OC. The van der Waals surface area contributed by atoms with Crippen LogP contribution in [0.5, 0.6) is 5.75 Å². The molecule has 25 heavy (non-hydrogen) atoms. The summed E-state index contributed by atoms with van der Waals surface area (Å²) in [6.07, 6.45) is 2.89. The minimum absolute atomic E-state index is 0.0426. The third-order valence-electron chi connectivity index (χ3n) is 3.58. The summed E-state index contributed by atoms with van der Waals surface area (Å²) >= 11 is 0. The molecule has 10 heteroatoms. The van der Waals surface area contributed by atoms with Crippen molar-refractivity contribution < 1.29 is 14.3 Å². The van der Waals surface area contributed by atoms with Crippen molar-refractivity contribution in [3.63, 3.8) is 0 Å². The molecule has 2 N–H and O–H groups in total. The highest BCUT2D eigenvalue weighted by Gasteiger charge is 2.23. The first-order valence-corrected chi connectivity index (χ1v) is 7.01. The van der Waals surface area contributed by atoms with Crippen molar-refractivity contribution in [1.29, 1.82) is 5.26 Å². The van der Waals surface area contributed by atoms with Gasteiger partial charge in [0.1, 0.15) is 18.1 Å². The molecule has 3 rings (SSSR count). The lowest BCUT2D eigenvalue weighted by atomic mass is 10.2. The summed E-state index contributed by atoms with van der Waals surface area (Å²) in [6.45, 7) is 0. The lowest BCUT2D eigenvalue weighted by molar-refractivity contribution is 0.0593. The van der Waals surface area contributed by atoms with Gasteiger partial charge in [0.15, 0.2) is 5.69 Å². The normalized spacial score (nSPS) is 10.3. The van der Waals surface area contributed by atoms with E-state index in [1.54, 1.807) is 18.2 Å². The lowest BCUT2D eigenvalue weighted by Crippen LogP contribution is -2.12. The molecular weight excluding hydrogens is 326 g/mol. The molecular formula is C15H13N7O3. The number of esters is 1. The number of nitrogens with two attached hydrogens (primary N) is 1. The molecule has 3 aromatic rings. The number of nitrogens with zero attached hydrogens (tertiary/aromatic N) is 6. The maximum atomic E-state index is 12.1. The zero-order valence-corrected chi connectivity index (χ0v) is 13.4. The van der Waals surface area contributed by atoms with E-state index in [4.69, 9.17) is 15.2 Å². The summed E-state index contributed by atoms with van der Waals surface area (Å²) in [6, 6.07) is 7.07. The summed E-state index contributed by atoms with van der Waals surface area (Å²) in [5.41, 5.74) is 7.33. The molecule has 0 fully saturated rings. The molecule has 0 atom stereocenters. The quantitative estimate of drug-likeness (QED) is 0.687. The van der Waals surface area contributed by atoms with Gasteiger partial charge in [0.25, 0.3) is 0 Å². The van der Waals surface area contributed by atoms with E-state index in [0.29, 0.717) is 17.1 Å². The molecule has 0 aliphatic rings. The molecule has 0 amide bonds. The smallest absolute Gasteiger partial charge is 0.357 e. The fraction of sp³-hybridized carbons (Fsp3) is 0.133. The number of anilines is 1. The molecule has 0 spiro atoms. The molecule has 0 unspecified atom stereocenters. The number of carbonyl (C=O) groups is 1. The van der Waals surface area contributed by atoms with Crippen LogP contribution in [0.15, 0.2) is 30.7 Å². The Bertz CT molecular complexity index is 970. The van der Waals surface area contributed by atoms with Gasteiger partial charge in [0.2, 0.25) is 0 Å². The Morgan fingerprint density at radius 2 is 2.16 bits per heavy atom. The molecule has 1 aromatic carbocycles. The molecule has 0 saturated carbocycles. The Labute approximate surface area is 142 Å². The van der Waals surface area contributed by atoms with E-state index < -0.39 is 5.97 Å². The molecule has 10 nitrogen and oxygen atoms in total. The van der Waals surface area contributed by atoms with Crippen molar-refractivity contribution in [2.24, 2.45) is 0 Å². The van der Waals surface area contributed by atoms with Crippen molar-refractivity contribution in [3.8, 4) is 23.2 Å². The third-order valence-corrected chi connectivity index (χ3v) is 3.58. The molecule has 2 aromatic heterocycles. The molecule has 126 valence electrons. The molecule has 0 bridgehead atoms. The molecule has 0 saturated heterocycles. The van der Waals surface area contributed by atoms with Gasteiger partial charge in [-0.05, 0) is 22.6 Å². The third kappa shape index (κ3) is 2.63. The number of ether oxygens (including phenoxy) is 2. The van der Waals surface area contributed by atoms with Crippen LogP contribution in [0.2, 0.25) is 0 Å². The van der Waals surface area contributed by atoms with E-state index in [9.17, 15) is 10.1 Å². The summed E-state index contributed by atoms with van der Waals surface area (Å²) in [4.78, 5) is 12.1. The molecule has 2 heterocycles. The van der Waals surface area contributed by atoms with E-state index in [-0.39, 0.29) is 16.9 Å². The number of tetrazole rings is 1. The van der Waals surface area contributed by atoms with Gasteiger partial charge in [-0.2, -0.15) is 5.26 Å². The van der Waals surface area contributed by atoms with Crippen molar-refractivity contribution in [1.82, 2.24) is 24.8 Å². The van der Waals surface area contributed by atoms with Gasteiger partial charge in [-0.15, -0.1) is 5.10 Å². The van der Waals surface area contributed by atoms with E-state index >= 15 is 0 Å². The van der Waals surface area contributed by atoms with Gasteiger partial charge in [0.05, 0.1) is 36.8 Å². The van der Waals surface area contributed by atoms with E-state index in [1.165, 1.54) is 36.0 Å². The fourth-order valence-corrected chi connectivity index (χ4v) is 2.39. The van der Waals surface area contributed by atoms with Gasteiger partial charge in [0, 0.05) is 12.3 Å². The average molecular weight is 339 g/mol. The van der Waals surface area contributed by atoms with Gasteiger partial charge in [-0.1, -0.05) is 0 Å². The van der Waals surface area contributed by atoms with Crippen molar-refractivity contribution in [2.75, 3.05) is 20.0 Å². The highest BCUT2D eigenvalue weighted by atomic mass is 16.5. The predicted molar refractivity (Wildman–Crippen MR) is 85.5 cm³/mol. The largest absolute Gasteiger partial charge is 0.494 e. The predicted octanol–water partition coefficient (Wildman–Crippen LogP) is 0.702. The van der Waals surface area contributed by atoms with Crippen LogP contribution in [0, 0.1) is 11.3 Å². The Morgan fingerprint density at radius 3 is 2.76 bits per heavy atom. The van der Waals surface area contributed by atoms with Crippen LogP contribution in [0.4, 0.5) is 5.69 Å². The first kappa shape index (κ1) is 16.0. The van der Waals surface area contributed by atoms with Crippen molar-refractivity contribution in [2.45, 2.75) is 0 Å². The van der Waals surface area contributed by atoms with Crippen LogP contribution in [0.25, 0.3) is 11.4 Å². The molecule has 0 aliphatic heterocycles. The Hall–Kier alpha value is -3.87. The Morgan fingerprint density at radius 1 is 1.36 bits per heavy atom. The summed E-state index contributed by atoms with van der Waals surface area (Å²) < 4.78 is 13.1. The first-order chi connectivity index (χ1) is 12.1. The zero-order valence-electron chi connectivity index (χ0n) is 13.4. The number of rotatable bonds is 4.